The van der Waals surface area contributed by atoms with Crippen LogP contribution in [0.2, 0.25) is 0 Å². The Morgan fingerprint density at radius 2 is 1.87 bits per heavy atom. The lowest BCUT2D eigenvalue weighted by Crippen LogP contribution is -2.59. The Labute approximate surface area is 137 Å². The highest BCUT2D eigenvalue weighted by molar-refractivity contribution is 6.06. The highest BCUT2D eigenvalue weighted by Gasteiger charge is 2.44. The Morgan fingerprint density at radius 3 is 2.52 bits per heavy atom. The summed E-state index contributed by atoms with van der Waals surface area (Å²) in [6, 6.07) is 7.75. The summed E-state index contributed by atoms with van der Waals surface area (Å²) in [5, 5.41) is 6.42. The molecule has 2 aliphatic heterocycles. The van der Waals surface area contributed by atoms with E-state index in [0.29, 0.717) is 38.3 Å². The number of likely N-dealkylation sites (tertiary alicyclic amines) is 1. The van der Waals surface area contributed by atoms with Crippen LogP contribution in [-0.4, -0.2) is 35.3 Å². The number of benzene rings is 1. The van der Waals surface area contributed by atoms with Crippen LogP contribution in [-0.2, 0) is 9.59 Å². The van der Waals surface area contributed by atoms with Crippen LogP contribution in [0.4, 0.5) is 11.4 Å². The van der Waals surface area contributed by atoms with E-state index in [1.807, 2.05) is 29.2 Å². The third kappa shape index (κ3) is 3.19. The first-order chi connectivity index (χ1) is 11.0. The standard InChI is InChI=1S/C18H25N3O2/c1-13(2)7-8-16(22)21-11-9-18(10-12-21)17(23)19-14-5-3-4-6-15(14)20-18/h3-6,13,20H,7-12H2,1-2H3,(H,19,23). The third-order valence-corrected chi connectivity index (χ3v) is 4.89. The number of amides is 2. The molecule has 2 aliphatic rings. The van der Waals surface area contributed by atoms with Crippen LogP contribution >= 0.6 is 0 Å². The quantitative estimate of drug-likeness (QED) is 0.901. The number of hydrogen-bond acceptors (Lipinski definition) is 3. The van der Waals surface area contributed by atoms with E-state index < -0.39 is 5.54 Å². The number of nitrogens with one attached hydrogen (secondary N) is 2. The predicted molar refractivity (Wildman–Crippen MR) is 91.3 cm³/mol. The topological polar surface area (TPSA) is 61.4 Å². The Balaban J connectivity index is 1.64. The van der Waals surface area contributed by atoms with Gasteiger partial charge in [0.05, 0.1) is 11.4 Å². The second kappa shape index (κ2) is 6.22. The number of anilines is 2. The van der Waals surface area contributed by atoms with Crippen molar-refractivity contribution in [1.29, 1.82) is 0 Å². The number of piperidine rings is 1. The van der Waals surface area contributed by atoms with E-state index in [1.165, 1.54) is 0 Å². The number of carbonyl (C=O) groups is 2. The van der Waals surface area contributed by atoms with Crippen LogP contribution in [0.1, 0.15) is 39.5 Å². The summed E-state index contributed by atoms with van der Waals surface area (Å²) in [7, 11) is 0. The fourth-order valence-corrected chi connectivity index (χ4v) is 3.32. The minimum atomic E-state index is -0.580. The van der Waals surface area contributed by atoms with Crippen molar-refractivity contribution in [2.75, 3.05) is 23.7 Å². The van der Waals surface area contributed by atoms with Crippen molar-refractivity contribution in [3.63, 3.8) is 0 Å². The number of nitrogens with zero attached hydrogens (tertiary/aromatic N) is 1. The fourth-order valence-electron chi connectivity index (χ4n) is 3.32. The van der Waals surface area contributed by atoms with Crippen molar-refractivity contribution >= 4 is 23.2 Å². The van der Waals surface area contributed by atoms with E-state index >= 15 is 0 Å². The van der Waals surface area contributed by atoms with Crippen molar-refractivity contribution < 1.29 is 9.59 Å². The summed E-state index contributed by atoms with van der Waals surface area (Å²) in [6.07, 6.45) is 2.83. The zero-order valence-electron chi connectivity index (χ0n) is 13.9. The number of carbonyl (C=O) groups excluding carboxylic acids is 2. The summed E-state index contributed by atoms with van der Waals surface area (Å²) in [6.45, 7) is 5.54. The SMILES string of the molecule is CC(C)CCC(=O)N1CCC2(CC1)Nc1ccccc1NC2=O. The fraction of sp³-hybridized carbons (Fsp3) is 0.556. The molecule has 1 aromatic carbocycles. The molecule has 0 saturated carbocycles. The van der Waals surface area contributed by atoms with Gasteiger partial charge in [-0.25, -0.2) is 0 Å². The van der Waals surface area contributed by atoms with Gasteiger partial charge in [-0.2, -0.15) is 0 Å². The normalized spacial score (nSPS) is 19.3. The molecule has 0 atom stereocenters. The monoisotopic (exact) mass is 315 g/mol. The largest absolute Gasteiger partial charge is 0.369 e. The summed E-state index contributed by atoms with van der Waals surface area (Å²) in [5.41, 5.74) is 1.22. The number of rotatable bonds is 3. The molecule has 1 saturated heterocycles. The van der Waals surface area contributed by atoms with Gasteiger partial charge >= 0.3 is 0 Å². The molecule has 1 spiro atoms. The molecular weight excluding hydrogens is 290 g/mol. The van der Waals surface area contributed by atoms with Gasteiger partial charge in [-0.15, -0.1) is 0 Å². The van der Waals surface area contributed by atoms with E-state index in [2.05, 4.69) is 24.5 Å². The van der Waals surface area contributed by atoms with Gasteiger partial charge < -0.3 is 15.5 Å². The van der Waals surface area contributed by atoms with Gasteiger partial charge in [0.2, 0.25) is 11.8 Å². The van der Waals surface area contributed by atoms with Crippen LogP contribution in [0.3, 0.4) is 0 Å². The molecule has 2 amide bonds. The molecule has 3 rings (SSSR count). The maximum absolute atomic E-state index is 12.5. The molecule has 0 aliphatic carbocycles. The van der Waals surface area contributed by atoms with E-state index in [1.54, 1.807) is 0 Å². The van der Waals surface area contributed by atoms with Crippen LogP contribution in [0, 0.1) is 5.92 Å². The highest BCUT2D eigenvalue weighted by Crippen LogP contribution is 2.36. The average molecular weight is 315 g/mol. The minimum absolute atomic E-state index is 0.0190. The molecule has 5 nitrogen and oxygen atoms in total. The maximum atomic E-state index is 12.5. The molecule has 0 radical (unpaired) electrons. The second-order valence-corrected chi connectivity index (χ2v) is 7.02. The van der Waals surface area contributed by atoms with Crippen molar-refractivity contribution in [2.45, 2.75) is 45.1 Å². The molecule has 2 N–H and O–H groups in total. The second-order valence-electron chi connectivity index (χ2n) is 7.02. The number of para-hydroxylation sites is 2. The zero-order chi connectivity index (χ0) is 16.4. The third-order valence-electron chi connectivity index (χ3n) is 4.89. The Morgan fingerprint density at radius 1 is 1.22 bits per heavy atom. The molecule has 23 heavy (non-hydrogen) atoms. The van der Waals surface area contributed by atoms with Crippen LogP contribution < -0.4 is 10.6 Å². The minimum Gasteiger partial charge on any atom is -0.369 e. The molecule has 0 aromatic heterocycles. The molecule has 5 heteroatoms. The van der Waals surface area contributed by atoms with Gasteiger partial charge in [-0.05, 0) is 37.3 Å². The summed E-state index contributed by atoms with van der Waals surface area (Å²) in [4.78, 5) is 26.7. The van der Waals surface area contributed by atoms with Gasteiger partial charge in [0, 0.05) is 19.5 Å². The molecule has 2 heterocycles. The molecule has 1 fully saturated rings. The van der Waals surface area contributed by atoms with E-state index in [4.69, 9.17) is 0 Å². The van der Waals surface area contributed by atoms with Crippen molar-refractivity contribution in [2.24, 2.45) is 5.92 Å². The zero-order valence-corrected chi connectivity index (χ0v) is 13.9. The smallest absolute Gasteiger partial charge is 0.250 e. The van der Waals surface area contributed by atoms with Crippen LogP contribution in [0.25, 0.3) is 0 Å². The van der Waals surface area contributed by atoms with Gasteiger partial charge in [-0.3, -0.25) is 9.59 Å². The summed E-state index contributed by atoms with van der Waals surface area (Å²) < 4.78 is 0. The first kappa shape index (κ1) is 15.8. The van der Waals surface area contributed by atoms with E-state index in [0.717, 1.165) is 17.8 Å². The van der Waals surface area contributed by atoms with Gasteiger partial charge in [-0.1, -0.05) is 26.0 Å². The van der Waals surface area contributed by atoms with Crippen molar-refractivity contribution in [3.05, 3.63) is 24.3 Å². The average Bonchev–Trinajstić information content (AvgIpc) is 2.54. The molecule has 0 bridgehead atoms. The lowest BCUT2D eigenvalue weighted by molar-refractivity contribution is -0.135. The molecular formula is C18H25N3O2. The van der Waals surface area contributed by atoms with Crippen LogP contribution in [0.5, 0.6) is 0 Å². The maximum Gasteiger partial charge on any atom is 0.250 e. The van der Waals surface area contributed by atoms with E-state index in [-0.39, 0.29) is 11.8 Å². The van der Waals surface area contributed by atoms with Crippen LogP contribution in [0.15, 0.2) is 24.3 Å². The highest BCUT2D eigenvalue weighted by atomic mass is 16.2. The summed E-state index contributed by atoms with van der Waals surface area (Å²) in [5.74, 6) is 0.771. The number of fused-ring (bicyclic) bond motifs is 1. The van der Waals surface area contributed by atoms with Gasteiger partial charge in [0.1, 0.15) is 5.54 Å². The van der Waals surface area contributed by atoms with Gasteiger partial charge in [0.25, 0.3) is 0 Å². The number of hydrogen-bond donors (Lipinski definition) is 2. The molecule has 0 unspecified atom stereocenters. The lowest BCUT2D eigenvalue weighted by Gasteiger charge is -2.44. The molecule has 1 aromatic rings. The van der Waals surface area contributed by atoms with Crippen molar-refractivity contribution in [3.8, 4) is 0 Å². The predicted octanol–water partition coefficient (Wildman–Crippen LogP) is 2.85. The first-order valence-electron chi connectivity index (χ1n) is 8.47. The Bertz CT molecular complexity index is 604. The van der Waals surface area contributed by atoms with E-state index in [9.17, 15) is 9.59 Å². The lowest BCUT2D eigenvalue weighted by atomic mass is 9.84. The molecule has 124 valence electrons. The first-order valence-corrected chi connectivity index (χ1v) is 8.47. The Kier molecular flexibility index (Phi) is 4.28. The van der Waals surface area contributed by atoms with Gasteiger partial charge in [0.15, 0.2) is 0 Å². The Hall–Kier alpha value is -2.04. The van der Waals surface area contributed by atoms with Crippen molar-refractivity contribution in [1.82, 2.24) is 4.90 Å². The summed E-state index contributed by atoms with van der Waals surface area (Å²) >= 11 is 0.